The van der Waals surface area contributed by atoms with E-state index in [0.717, 1.165) is 0 Å². The molecule has 72 valence electrons. The molecule has 0 aliphatic heterocycles. The van der Waals surface area contributed by atoms with E-state index in [2.05, 4.69) is 15.9 Å². The van der Waals surface area contributed by atoms with Crippen molar-refractivity contribution in [2.24, 2.45) is 5.73 Å². The highest BCUT2D eigenvalue weighted by Crippen LogP contribution is 2.36. The fraction of sp³-hybridized carbons (Fsp3) is 0.250. The lowest BCUT2D eigenvalue weighted by molar-refractivity contribution is 0.449. The van der Waals surface area contributed by atoms with Gasteiger partial charge in [0.2, 0.25) is 0 Å². The summed E-state index contributed by atoms with van der Waals surface area (Å²) >= 11 is 8.61. The maximum atomic E-state index is 13.3. The molecule has 0 heterocycles. The average Bonchev–Trinajstić information content (AvgIpc) is 2.01. The monoisotopic (exact) mass is 267 g/mol. The molecule has 5 heteroatoms. The molecule has 3 N–H and O–H groups in total. The van der Waals surface area contributed by atoms with Gasteiger partial charge in [0.25, 0.3) is 0 Å². The van der Waals surface area contributed by atoms with Crippen molar-refractivity contribution in [1.29, 1.82) is 0 Å². The standard InChI is InChI=1S/C8H8BrClFNO/c1-3(12)6-7(11)5(10)2-4(9)8(6)13/h2-3,13H,12H2,1H3. The highest BCUT2D eigenvalue weighted by molar-refractivity contribution is 9.10. The second-order valence-corrected chi connectivity index (χ2v) is 3.97. The fourth-order valence-electron chi connectivity index (χ4n) is 1.02. The normalized spacial score (nSPS) is 13.0. The highest BCUT2D eigenvalue weighted by atomic mass is 79.9. The Morgan fingerprint density at radius 3 is 2.69 bits per heavy atom. The van der Waals surface area contributed by atoms with E-state index in [1.165, 1.54) is 6.07 Å². The number of hydrogen-bond acceptors (Lipinski definition) is 2. The average molecular weight is 269 g/mol. The van der Waals surface area contributed by atoms with Crippen LogP contribution < -0.4 is 5.73 Å². The van der Waals surface area contributed by atoms with Crippen molar-refractivity contribution in [1.82, 2.24) is 0 Å². The van der Waals surface area contributed by atoms with Gasteiger partial charge in [0.05, 0.1) is 9.50 Å². The van der Waals surface area contributed by atoms with Gasteiger partial charge in [-0.1, -0.05) is 11.6 Å². The topological polar surface area (TPSA) is 46.2 Å². The van der Waals surface area contributed by atoms with Crippen molar-refractivity contribution in [2.75, 3.05) is 0 Å². The Labute approximate surface area is 88.6 Å². The van der Waals surface area contributed by atoms with Crippen LogP contribution in [0.15, 0.2) is 10.5 Å². The summed E-state index contributed by atoms with van der Waals surface area (Å²) in [7, 11) is 0. The minimum absolute atomic E-state index is 0.0272. The molecule has 1 rings (SSSR count). The fourth-order valence-corrected chi connectivity index (χ4v) is 1.80. The van der Waals surface area contributed by atoms with E-state index < -0.39 is 11.9 Å². The van der Waals surface area contributed by atoms with Crippen LogP contribution in [0.25, 0.3) is 0 Å². The molecular weight excluding hydrogens is 260 g/mol. The lowest BCUT2D eigenvalue weighted by Gasteiger charge is -2.11. The van der Waals surface area contributed by atoms with Crippen molar-refractivity contribution >= 4 is 27.5 Å². The SMILES string of the molecule is CC(N)c1c(O)c(Br)cc(Cl)c1F. The van der Waals surface area contributed by atoms with Gasteiger partial charge in [0.15, 0.2) is 0 Å². The summed E-state index contributed by atoms with van der Waals surface area (Å²) in [5, 5.41) is 9.39. The first kappa shape index (κ1) is 10.8. The number of rotatable bonds is 1. The van der Waals surface area contributed by atoms with Gasteiger partial charge >= 0.3 is 0 Å². The summed E-state index contributed by atoms with van der Waals surface area (Å²) in [6.07, 6.45) is 0. The van der Waals surface area contributed by atoms with Crippen LogP contribution in [0.3, 0.4) is 0 Å². The molecule has 13 heavy (non-hydrogen) atoms. The first-order valence-corrected chi connectivity index (χ1v) is 4.74. The summed E-state index contributed by atoms with van der Waals surface area (Å²) in [4.78, 5) is 0. The highest BCUT2D eigenvalue weighted by Gasteiger charge is 2.18. The molecule has 0 radical (unpaired) electrons. The van der Waals surface area contributed by atoms with Crippen LogP contribution in [0.1, 0.15) is 18.5 Å². The van der Waals surface area contributed by atoms with Gasteiger partial charge in [0.1, 0.15) is 11.6 Å². The summed E-state index contributed by atoms with van der Waals surface area (Å²) in [5.41, 5.74) is 5.50. The Kier molecular flexibility index (Phi) is 3.16. The number of phenolic OH excluding ortho intramolecular Hbond substituents is 1. The molecule has 0 amide bonds. The Hall–Kier alpha value is -0.320. The summed E-state index contributed by atoms with van der Waals surface area (Å²) in [6.45, 7) is 1.57. The lowest BCUT2D eigenvalue weighted by atomic mass is 10.1. The number of aromatic hydroxyl groups is 1. The second-order valence-electron chi connectivity index (χ2n) is 2.71. The van der Waals surface area contributed by atoms with E-state index in [4.69, 9.17) is 17.3 Å². The van der Waals surface area contributed by atoms with Crippen LogP contribution in [0, 0.1) is 5.82 Å². The van der Waals surface area contributed by atoms with E-state index in [0.29, 0.717) is 4.47 Å². The first-order chi connectivity index (χ1) is 5.95. The van der Waals surface area contributed by atoms with Gasteiger partial charge in [-0.05, 0) is 28.9 Å². The molecule has 0 fully saturated rings. The second kappa shape index (κ2) is 3.82. The smallest absolute Gasteiger partial charge is 0.150 e. The predicted molar refractivity (Wildman–Crippen MR) is 53.4 cm³/mol. The van der Waals surface area contributed by atoms with Crippen LogP contribution in [0.5, 0.6) is 5.75 Å². The van der Waals surface area contributed by atoms with Crippen LogP contribution in [0.4, 0.5) is 4.39 Å². The maximum absolute atomic E-state index is 13.3. The molecule has 1 aromatic rings. The Bertz CT molecular complexity index is 317. The summed E-state index contributed by atoms with van der Waals surface area (Å²) in [5.74, 6) is -0.866. The van der Waals surface area contributed by atoms with Crippen molar-refractivity contribution in [3.05, 3.63) is 26.9 Å². The Morgan fingerprint density at radius 2 is 2.23 bits per heavy atom. The predicted octanol–water partition coefficient (Wildman–Crippen LogP) is 2.97. The molecule has 2 nitrogen and oxygen atoms in total. The van der Waals surface area contributed by atoms with Crippen LogP contribution in [-0.4, -0.2) is 5.11 Å². The molecule has 0 spiro atoms. The largest absolute Gasteiger partial charge is 0.506 e. The number of hydrogen-bond donors (Lipinski definition) is 2. The van der Waals surface area contributed by atoms with E-state index in [1.807, 2.05) is 0 Å². The van der Waals surface area contributed by atoms with E-state index in [9.17, 15) is 9.50 Å². The van der Waals surface area contributed by atoms with E-state index in [-0.39, 0.29) is 16.3 Å². The van der Waals surface area contributed by atoms with Crippen LogP contribution in [-0.2, 0) is 0 Å². The molecule has 0 saturated carbocycles. The molecule has 1 aromatic carbocycles. The number of nitrogens with two attached hydrogens (primary N) is 1. The minimum Gasteiger partial charge on any atom is -0.506 e. The molecule has 0 bridgehead atoms. The van der Waals surface area contributed by atoms with Gasteiger partial charge in [-0.25, -0.2) is 4.39 Å². The van der Waals surface area contributed by atoms with Gasteiger partial charge in [-0.2, -0.15) is 0 Å². The zero-order chi connectivity index (χ0) is 10.2. The number of halogens is 3. The number of benzene rings is 1. The van der Waals surface area contributed by atoms with Crippen molar-refractivity contribution < 1.29 is 9.50 Å². The molecular formula is C8H8BrClFNO. The first-order valence-electron chi connectivity index (χ1n) is 3.57. The van der Waals surface area contributed by atoms with E-state index >= 15 is 0 Å². The molecule has 0 aliphatic carbocycles. The van der Waals surface area contributed by atoms with Crippen LogP contribution in [0.2, 0.25) is 5.02 Å². The van der Waals surface area contributed by atoms with Crippen LogP contribution >= 0.6 is 27.5 Å². The molecule has 0 aromatic heterocycles. The van der Waals surface area contributed by atoms with Crippen molar-refractivity contribution in [3.8, 4) is 5.75 Å². The van der Waals surface area contributed by atoms with Gasteiger partial charge < -0.3 is 10.8 Å². The minimum atomic E-state index is -0.669. The zero-order valence-corrected chi connectivity index (χ0v) is 9.16. The van der Waals surface area contributed by atoms with Gasteiger partial charge in [0, 0.05) is 11.6 Å². The lowest BCUT2D eigenvalue weighted by Crippen LogP contribution is -2.08. The van der Waals surface area contributed by atoms with Crippen molar-refractivity contribution in [2.45, 2.75) is 13.0 Å². The van der Waals surface area contributed by atoms with Gasteiger partial charge in [-0.15, -0.1) is 0 Å². The molecule has 1 atom stereocenters. The molecule has 0 aliphatic rings. The maximum Gasteiger partial charge on any atom is 0.150 e. The molecule has 0 saturated heterocycles. The van der Waals surface area contributed by atoms with E-state index in [1.54, 1.807) is 6.92 Å². The van der Waals surface area contributed by atoms with Crippen molar-refractivity contribution in [3.63, 3.8) is 0 Å². The third-order valence-electron chi connectivity index (χ3n) is 1.64. The Balaban J connectivity index is 3.46. The van der Waals surface area contributed by atoms with Gasteiger partial charge in [-0.3, -0.25) is 0 Å². The summed E-state index contributed by atoms with van der Waals surface area (Å²) < 4.78 is 13.6. The quantitative estimate of drug-likeness (QED) is 0.769. The molecule has 1 unspecified atom stereocenters. The summed E-state index contributed by atoms with van der Waals surface area (Å²) in [6, 6.07) is 0.688. The third kappa shape index (κ3) is 1.95. The zero-order valence-electron chi connectivity index (χ0n) is 6.81. The number of phenols is 1. The Morgan fingerprint density at radius 1 is 1.69 bits per heavy atom. The third-order valence-corrected chi connectivity index (χ3v) is 2.52.